The van der Waals surface area contributed by atoms with Crippen molar-refractivity contribution in [2.45, 2.75) is 19.1 Å². The van der Waals surface area contributed by atoms with Crippen LogP contribution in [0, 0.1) is 12.7 Å². The summed E-state index contributed by atoms with van der Waals surface area (Å²) in [4.78, 5) is 44.7. The fraction of sp³-hybridized carbons (Fsp3) is 0.290. The van der Waals surface area contributed by atoms with E-state index in [9.17, 15) is 18.8 Å². The number of rotatable bonds is 9. The van der Waals surface area contributed by atoms with Gasteiger partial charge < -0.3 is 19.9 Å². The van der Waals surface area contributed by atoms with Crippen molar-refractivity contribution in [3.8, 4) is 16.9 Å². The van der Waals surface area contributed by atoms with E-state index in [1.165, 1.54) is 29.8 Å². The van der Waals surface area contributed by atoms with Crippen molar-refractivity contribution < 1.29 is 23.6 Å². The van der Waals surface area contributed by atoms with Crippen molar-refractivity contribution in [1.29, 1.82) is 0 Å². The molecule has 0 saturated carbocycles. The number of benzene rings is 2. The third-order valence-corrected chi connectivity index (χ3v) is 7.35. The number of para-hydroxylation sites is 1. The molecule has 1 saturated heterocycles. The SMILES string of the molecule is CNC(=O)c1cc(-c2nn(-c3ccccc3)c(NC(=O)N[C@@H]3CN(CCOC)O[C@H]3c3cccc(F)c3)c2C)cn(C)c1=O. The van der Waals surface area contributed by atoms with Crippen LogP contribution in [0.2, 0.25) is 0 Å². The van der Waals surface area contributed by atoms with Crippen LogP contribution in [-0.2, 0) is 16.6 Å². The van der Waals surface area contributed by atoms with Crippen LogP contribution in [-0.4, -0.2) is 71.2 Å². The van der Waals surface area contributed by atoms with Crippen molar-refractivity contribution in [2.24, 2.45) is 7.05 Å². The highest BCUT2D eigenvalue weighted by molar-refractivity contribution is 5.95. The van der Waals surface area contributed by atoms with Gasteiger partial charge in [0, 0.05) is 51.6 Å². The van der Waals surface area contributed by atoms with Crippen LogP contribution in [0.3, 0.4) is 0 Å². The number of urea groups is 1. The van der Waals surface area contributed by atoms with Gasteiger partial charge in [0.15, 0.2) is 0 Å². The normalized spacial score (nSPS) is 16.6. The highest BCUT2D eigenvalue weighted by atomic mass is 19.1. The Hall–Kier alpha value is -4.85. The summed E-state index contributed by atoms with van der Waals surface area (Å²) in [6, 6.07) is 15.8. The summed E-state index contributed by atoms with van der Waals surface area (Å²) in [5.74, 6) is -0.537. The minimum absolute atomic E-state index is 0.0314. The minimum atomic E-state index is -0.627. The van der Waals surface area contributed by atoms with Crippen molar-refractivity contribution in [3.05, 3.63) is 99.7 Å². The molecule has 3 heterocycles. The van der Waals surface area contributed by atoms with Crippen molar-refractivity contribution in [2.75, 3.05) is 39.2 Å². The van der Waals surface area contributed by atoms with Gasteiger partial charge in [-0.25, -0.2) is 13.9 Å². The maximum atomic E-state index is 14.1. The van der Waals surface area contributed by atoms with Gasteiger partial charge in [-0.3, -0.25) is 19.7 Å². The van der Waals surface area contributed by atoms with Crippen LogP contribution in [0.1, 0.15) is 27.6 Å². The Labute approximate surface area is 253 Å². The first-order valence-corrected chi connectivity index (χ1v) is 14.0. The molecule has 3 amide bonds. The van der Waals surface area contributed by atoms with E-state index < -0.39 is 35.5 Å². The first kappa shape index (κ1) is 30.6. The van der Waals surface area contributed by atoms with Crippen LogP contribution >= 0.6 is 0 Å². The lowest BCUT2D eigenvalue weighted by Gasteiger charge is -2.19. The number of anilines is 1. The van der Waals surface area contributed by atoms with Crippen molar-refractivity contribution >= 4 is 17.8 Å². The second-order valence-corrected chi connectivity index (χ2v) is 10.4. The Morgan fingerprint density at radius 3 is 2.61 bits per heavy atom. The molecule has 2 atom stereocenters. The van der Waals surface area contributed by atoms with Gasteiger partial charge in [-0.2, -0.15) is 10.2 Å². The summed E-state index contributed by atoms with van der Waals surface area (Å²) in [7, 11) is 4.60. The summed E-state index contributed by atoms with van der Waals surface area (Å²) in [6.45, 7) is 3.02. The smallest absolute Gasteiger partial charge is 0.320 e. The van der Waals surface area contributed by atoms with Crippen LogP contribution in [0.4, 0.5) is 15.0 Å². The number of aromatic nitrogens is 3. The van der Waals surface area contributed by atoms with Gasteiger partial charge in [0.25, 0.3) is 11.5 Å². The standard InChI is InChI=1S/C31H34FN7O5/c1-19-26(21-16-24(29(40)33-2)30(41)37(3)17-21)36-39(23-11-6-5-7-12-23)28(19)35-31(42)34-25-18-38(13-14-43-4)44-27(25)20-9-8-10-22(32)15-20/h5-12,15-17,25,27H,13-14,18H2,1-4H3,(H,33,40)(H2,34,35,42)/t25-,27+/m1/s1. The number of pyridine rings is 1. The van der Waals surface area contributed by atoms with Gasteiger partial charge in [0.05, 0.1) is 24.0 Å². The number of ether oxygens (including phenoxy) is 1. The lowest BCUT2D eigenvalue weighted by Crippen LogP contribution is -2.42. The number of nitrogens with zero attached hydrogens (tertiary/aromatic N) is 4. The fourth-order valence-electron chi connectivity index (χ4n) is 5.15. The number of methoxy groups -OCH3 is 1. The molecule has 0 aliphatic carbocycles. The number of carbonyl (C=O) groups is 2. The number of hydrogen-bond donors (Lipinski definition) is 3. The van der Waals surface area contributed by atoms with Gasteiger partial charge >= 0.3 is 6.03 Å². The lowest BCUT2D eigenvalue weighted by molar-refractivity contribution is -0.154. The lowest BCUT2D eigenvalue weighted by atomic mass is 10.0. The largest absolute Gasteiger partial charge is 0.383 e. The Kier molecular flexibility index (Phi) is 9.18. The first-order chi connectivity index (χ1) is 21.2. The molecular formula is C31H34FN7O5. The van der Waals surface area contributed by atoms with E-state index in [1.54, 1.807) is 49.2 Å². The average molecular weight is 604 g/mol. The maximum absolute atomic E-state index is 14.1. The van der Waals surface area contributed by atoms with E-state index in [0.717, 1.165) is 0 Å². The molecule has 44 heavy (non-hydrogen) atoms. The van der Waals surface area contributed by atoms with Crippen LogP contribution in [0.25, 0.3) is 16.9 Å². The van der Waals surface area contributed by atoms with Gasteiger partial charge in [-0.05, 0) is 42.8 Å². The van der Waals surface area contributed by atoms with E-state index in [2.05, 4.69) is 16.0 Å². The molecule has 2 aromatic carbocycles. The van der Waals surface area contributed by atoms with E-state index in [4.69, 9.17) is 14.7 Å². The predicted molar refractivity (Wildman–Crippen MR) is 162 cm³/mol. The Balaban J connectivity index is 1.48. The summed E-state index contributed by atoms with van der Waals surface area (Å²) >= 11 is 0. The summed E-state index contributed by atoms with van der Waals surface area (Å²) < 4.78 is 22.2. The summed E-state index contributed by atoms with van der Waals surface area (Å²) in [6.07, 6.45) is 0.967. The van der Waals surface area contributed by atoms with E-state index in [-0.39, 0.29) is 5.56 Å². The van der Waals surface area contributed by atoms with Gasteiger partial charge in [0.2, 0.25) is 0 Å². The third-order valence-electron chi connectivity index (χ3n) is 7.35. The molecule has 13 heteroatoms. The number of aryl methyl sites for hydroxylation is 1. The average Bonchev–Trinajstić information content (AvgIpc) is 3.57. The van der Waals surface area contributed by atoms with Gasteiger partial charge in [0.1, 0.15) is 23.3 Å². The first-order valence-electron chi connectivity index (χ1n) is 14.0. The number of halogens is 1. The molecule has 0 radical (unpaired) electrons. The zero-order chi connectivity index (χ0) is 31.4. The van der Waals surface area contributed by atoms with Crippen LogP contribution in [0.15, 0.2) is 71.7 Å². The van der Waals surface area contributed by atoms with Crippen LogP contribution < -0.4 is 21.5 Å². The number of nitrogens with one attached hydrogen (secondary N) is 3. The van der Waals surface area contributed by atoms with E-state index >= 15 is 0 Å². The fourth-order valence-corrected chi connectivity index (χ4v) is 5.15. The van der Waals surface area contributed by atoms with Crippen LogP contribution in [0.5, 0.6) is 0 Å². The highest BCUT2D eigenvalue weighted by Crippen LogP contribution is 2.32. The maximum Gasteiger partial charge on any atom is 0.320 e. The molecule has 12 nitrogen and oxygen atoms in total. The molecule has 3 N–H and O–H groups in total. The summed E-state index contributed by atoms with van der Waals surface area (Å²) in [5, 5.41) is 14.9. The third kappa shape index (κ3) is 6.39. The molecule has 4 aromatic rings. The number of hydroxylamine groups is 2. The Bertz CT molecular complexity index is 1720. The topological polar surface area (TPSA) is 132 Å². The monoisotopic (exact) mass is 603 g/mol. The minimum Gasteiger partial charge on any atom is -0.383 e. The zero-order valence-electron chi connectivity index (χ0n) is 24.8. The zero-order valence-corrected chi connectivity index (χ0v) is 24.8. The molecule has 0 bridgehead atoms. The number of amides is 3. The molecular weight excluding hydrogens is 569 g/mol. The molecule has 2 aromatic heterocycles. The molecule has 1 aliphatic rings. The molecule has 0 spiro atoms. The number of hydrogen-bond acceptors (Lipinski definition) is 7. The second-order valence-electron chi connectivity index (χ2n) is 10.4. The molecule has 0 unspecified atom stereocenters. The molecule has 1 aliphatic heterocycles. The van der Waals surface area contributed by atoms with Gasteiger partial charge in [-0.1, -0.05) is 30.3 Å². The number of carbonyl (C=O) groups excluding carboxylic acids is 2. The highest BCUT2D eigenvalue weighted by Gasteiger charge is 2.37. The summed E-state index contributed by atoms with van der Waals surface area (Å²) in [5.41, 5.74) is 2.39. The Morgan fingerprint density at radius 1 is 1.14 bits per heavy atom. The second kappa shape index (κ2) is 13.2. The predicted octanol–water partition coefficient (Wildman–Crippen LogP) is 3.17. The van der Waals surface area contributed by atoms with E-state index in [1.807, 2.05) is 30.3 Å². The van der Waals surface area contributed by atoms with E-state index in [0.29, 0.717) is 53.6 Å². The molecule has 1 fully saturated rings. The molecule has 230 valence electrons. The Morgan fingerprint density at radius 2 is 1.91 bits per heavy atom. The van der Waals surface area contributed by atoms with Crippen molar-refractivity contribution in [1.82, 2.24) is 30.0 Å². The molecule has 5 rings (SSSR count). The van der Waals surface area contributed by atoms with Gasteiger partial charge in [-0.15, -0.1) is 0 Å². The van der Waals surface area contributed by atoms with Crippen molar-refractivity contribution in [3.63, 3.8) is 0 Å². The quantitative estimate of drug-likeness (QED) is 0.268.